The molecule has 0 heterocycles. The highest BCUT2D eigenvalue weighted by atomic mass is 35.5. The highest BCUT2D eigenvalue weighted by Crippen LogP contribution is 2.32. The maximum atomic E-state index is 13.8. The van der Waals surface area contributed by atoms with Crippen molar-refractivity contribution in [3.63, 3.8) is 0 Å². The maximum Gasteiger partial charge on any atom is 0.150 e. The molecule has 0 aliphatic heterocycles. The molecule has 6 heteroatoms. The van der Waals surface area contributed by atoms with Gasteiger partial charge < -0.3 is 5.73 Å². The molecule has 1 aromatic carbocycles. The third kappa shape index (κ3) is 4.18. The zero-order valence-corrected chi connectivity index (χ0v) is 13.6. The Bertz CT molecular complexity index is 585. The minimum Gasteiger partial charge on any atom is -0.327 e. The first-order valence-electron chi connectivity index (χ1n) is 7.16. The molecular formula is C15H21ClFNO2S. The molecule has 1 aliphatic carbocycles. The fraction of sp³-hybridized carbons (Fsp3) is 0.600. The summed E-state index contributed by atoms with van der Waals surface area (Å²) in [5.41, 5.74) is 6.63. The van der Waals surface area contributed by atoms with Crippen LogP contribution >= 0.6 is 11.6 Å². The van der Waals surface area contributed by atoms with Gasteiger partial charge in [-0.1, -0.05) is 24.1 Å². The smallest absolute Gasteiger partial charge is 0.150 e. The lowest BCUT2D eigenvalue weighted by molar-refractivity contribution is 0.302. The van der Waals surface area contributed by atoms with Crippen LogP contribution in [0.1, 0.15) is 31.2 Å². The van der Waals surface area contributed by atoms with Crippen molar-refractivity contribution in [3.8, 4) is 0 Å². The number of benzene rings is 1. The minimum absolute atomic E-state index is 0.0918. The Morgan fingerprint density at radius 3 is 2.76 bits per heavy atom. The summed E-state index contributed by atoms with van der Waals surface area (Å²) in [6.07, 6.45) is 4.61. The predicted molar refractivity (Wildman–Crippen MR) is 83.7 cm³/mol. The Balaban J connectivity index is 2.08. The van der Waals surface area contributed by atoms with E-state index in [0.29, 0.717) is 29.8 Å². The molecule has 0 saturated heterocycles. The van der Waals surface area contributed by atoms with Crippen LogP contribution in [0.3, 0.4) is 0 Å². The molecule has 118 valence electrons. The summed E-state index contributed by atoms with van der Waals surface area (Å²) in [5, 5.41) is 0.0549. The van der Waals surface area contributed by atoms with E-state index in [-0.39, 0.29) is 23.0 Å². The number of hydrogen-bond donors (Lipinski definition) is 1. The Morgan fingerprint density at radius 2 is 2.14 bits per heavy atom. The number of rotatable bonds is 4. The van der Waals surface area contributed by atoms with E-state index < -0.39 is 9.84 Å². The van der Waals surface area contributed by atoms with Gasteiger partial charge in [0.05, 0.1) is 5.25 Å². The van der Waals surface area contributed by atoms with E-state index in [4.69, 9.17) is 17.3 Å². The number of hydrogen-bond acceptors (Lipinski definition) is 3. The highest BCUT2D eigenvalue weighted by molar-refractivity contribution is 7.91. The van der Waals surface area contributed by atoms with Crippen molar-refractivity contribution in [1.82, 2.24) is 0 Å². The molecule has 0 bridgehead atoms. The molecule has 1 fully saturated rings. The molecular weight excluding hydrogens is 313 g/mol. The zero-order valence-electron chi connectivity index (χ0n) is 12.1. The lowest BCUT2D eigenvalue weighted by Gasteiger charge is -2.32. The molecule has 1 aliphatic rings. The Morgan fingerprint density at radius 1 is 1.43 bits per heavy atom. The molecule has 0 spiro atoms. The SMILES string of the molecule is CS(=O)(=O)C1CCCC(C(N)Cc2c(F)cccc2Cl)C1. The van der Waals surface area contributed by atoms with Gasteiger partial charge in [-0.3, -0.25) is 0 Å². The van der Waals surface area contributed by atoms with Crippen LogP contribution in [-0.2, 0) is 16.3 Å². The summed E-state index contributed by atoms with van der Waals surface area (Å²) in [5.74, 6) is -0.262. The summed E-state index contributed by atoms with van der Waals surface area (Å²) in [4.78, 5) is 0. The highest BCUT2D eigenvalue weighted by Gasteiger charge is 2.32. The van der Waals surface area contributed by atoms with Gasteiger partial charge in [0.25, 0.3) is 0 Å². The summed E-state index contributed by atoms with van der Waals surface area (Å²) in [6, 6.07) is 4.30. The normalized spacial score (nSPS) is 24.8. The first-order chi connectivity index (χ1) is 9.79. The molecule has 1 aromatic rings. The third-order valence-corrected chi connectivity index (χ3v) is 6.37. The van der Waals surface area contributed by atoms with Crippen molar-refractivity contribution >= 4 is 21.4 Å². The van der Waals surface area contributed by atoms with Gasteiger partial charge in [-0.15, -0.1) is 0 Å². The standard InChI is InChI=1S/C15H21ClFNO2S/c1-21(19,20)11-5-2-4-10(8-11)15(18)9-12-13(16)6-3-7-14(12)17/h3,6-7,10-11,15H,2,4-5,8-9,18H2,1H3. The number of nitrogens with two attached hydrogens (primary N) is 1. The van der Waals surface area contributed by atoms with Crippen LogP contribution in [0.2, 0.25) is 5.02 Å². The fourth-order valence-electron chi connectivity index (χ4n) is 3.09. The predicted octanol–water partition coefficient (Wildman–Crippen LogP) is 2.95. The maximum absolute atomic E-state index is 13.8. The van der Waals surface area contributed by atoms with Crippen LogP contribution in [0.5, 0.6) is 0 Å². The van der Waals surface area contributed by atoms with Crippen molar-refractivity contribution < 1.29 is 12.8 Å². The second-order valence-electron chi connectivity index (χ2n) is 5.95. The summed E-state index contributed by atoms with van der Waals surface area (Å²) < 4.78 is 37.2. The molecule has 2 N–H and O–H groups in total. The third-order valence-electron chi connectivity index (χ3n) is 4.38. The van der Waals surface area contributed by atoms with Gasteiger partial charge >= 0.3 is 0 Å². The van der Waals surface area contributed by atoms with Crippen LogP contribution < -0.4 is 5.73 Å². The van der Waals surface area contributed by atoms with E-state index in [1.54, 1.807) is 12.1 Å². The summed E-state index contributed by atoms with van der Waals surface area (Å²) >= 11 is 6.02. The van der Waals surface area contributed by atoms with E-state index in [1.807, 2.05) is 0 Å². The van der Waals surface area contributed by atoms with Gasteiger partial charge in [-0.05, 0) is 43.7 Å². The molecule has 3 unspecified atom stereocenters. The Labute approximate surface area is 130 Å². The first-order valence-corrected chi connectivity index (χ1v) is 9.49. The van der Waals surface area contributed by atoms with E-state index in [1.165, 1.54) is 12.3 Å². The van der Waals surface area contributed by atoms with Crippen molar-refractivity contribution in [1.29, 1.82) is 0 Å². The molecule has 1 saturated carbocycles. The van der Waals surface area contributed by atoms with Crippen LogP contribution in [-0.4, -0.2) is 26.0 Å². The minimum atomic E-state index is -3.04. The lowest BCUT2D eigenvalue weighted by atomic mass is 9.81. The van der Waals surface area contributed by atoms with Crippen LogP contribution in [0.4, 0.5) is 4.39 Å². The second-order valence-corrected chi connectivity index (χ2v) is 8.68. The van der Waals surface area contributed by atoms with Crippen LogP contribution in [0.15, 0.2) is 18.2 Å². The van der Waals surface area contributed by atoms with Gasteiger partial charge in [-0.2, -0.15) is 0 Å². The number of sulfone groups is 1. The van der Waals surface area contributed by atoms with E-state index in [9.17, 15) is 12.8 Å². The van der Waals surface area contributed by atoms with Gasteiger partial charge in [0, 0.05) is 22.9 Å². The molecule has 2 rings (SSSR count). The summed E-state index contributed by atoms with van der Waals surface area (Å²) in [6.45, 7) is 0. The van der Waals surface area contributed by atoms with Gasteiger partial charge in [-0.25, -0.2) is 12.8 Å². The zero-order chi connectivity index (χ0) is 15.6. The number of halogens is 2. The van der Waals surface area contributed by atoms with Crippen LogP contribution in [0.25, 0.3) is 0 Å². The van der Waals surface area contributed by atoms with Gasteiger partial charge in [0.1, 0.15) is 15.7 Å². The average molecular weight is 334 g/mol. The van der Waals surface area contributed by atoms with Crippen LogP contribution in [0, 0.1) is 11.7 Å². The van der Waals surface area contributed by atoms with Crippen molar-refractivity contribution in [2.45, 2.75) is 43.4 Å². The quantitative estimate of drug-likeness (QED) is 0.921. The summed E-state index contributed by atoms with van der Waals surface area (Å²) in [7, 11) is -3.04. The van der Waals surface area contributed by atoms with Gasteiger partial charge in [0.15, 0.2) is 0 Å². The Kier molecular flexibility index (Phi) is 5.28. The largest absolute Gasteiger partial charge is 0.327 e. The molecule has 21 heavy (non-hydrogen) atoms. The Hall–Kier alpha value is -0.650. The average Bonchev–Trinajstić information content (AvgIpc) is 2.42. The molecule has 3 nitrogen and oxygen atoms in total. The van der Waals surface area contributed by atoms with Crippen molar-refractivity contribution in [2.75, 3.05) is 6.26 Å². The van der Waals surface area contributed by atoms with E-state index in [0.717, 1.165) is 12.8 Å². The molecule has 3 atom stereocenters. The van der Waals surface area contributed by atoms with Gasteiger partial charge in [0.2, 0.25) is 0 Å². The monoisotopic (exact) mass is 333 g/mol. The fourth-order valence-corrected chi connectivity index (χ4v) is 4.52. The lowest BCUT2D eigenvalue weighted by Crippen LogP contribution is -2.39. The molecule has 0 radical (unpaired) electrons. The second kappa shape index (κ2) is 6.63. The first kappa shape index (κ1) is 16.7. The molecule has 0 amide bonds. The topological polar surface area (TPSA) is 60.2 Å². The van der Waals surface area contributed by atoms with E-state index in [2.05, 4.69) is 0 Å². The van der Waals surface area contributed by atoms with Crippen molar-refractivity contribution in [2.24, 2.45) is 11.7 Å². The van der Waals surface area contributed by atoms with E-state index >= 15 is 0 Å². The molecule has 0 aromatic heterocycles. The van der Waals surface area contributed by atoms with Crippen molar-refractivity contribution in [3.05, 3.63) is 34.6 Å².